The van der Waals surface area contributed by atoms with Crippen LogP contribution in [0.3, 0.4) is 0 Å². The van der Waals surface area contributed by atoms with Crippen LogP contribution in [0.25, 0.3) is 0 Å². The maximum Gasteiger partial charge on any atom is 0.157 e. The Bertz CT molecular complexity index is 645. The summed E-state index contributed by atoms with van der Waals surface area (Å²) < 4.78 is 6.72. The molecule has 0 aliphatic carbocycles. The van der Waals surface area contributed by atoms with E-state index in [0.717, 1.165) is 15.8 Å². The molecule has 0 radical (unpaired) electrons. The zero-order valence-corrected chi connectivity index (χ0v) is 14.7. The van der Waals surface area contributed by atoms with E-state index in [9.17, 15) is 10.2 Å². The maximum atomic E-state index is 9.83. The predicted octanol–water partition coefficient (Wildman–Crippen LogP) is 3.94. The molecule has 3 unspecified atom stereocenters. The second-order valence-corrected chi connectivity index (χ2v) is 8.32. The third kappa shape index (κ3) is 3.78. The number of rotatable bonds is 3. The van der Waals surface area contributed by atoms with E-state index in [0.29, 0.717) is 12.8 Å². The van der Waals surface area contributed by atoms with Crippen molar-refractivity contribution in [3.05, 3.63) is 55.7 Å². The molecule has 0 spiro atoms. The summed E-state index contributed by atoms with van der Waals surface area (Å²) in [5.41, 5.74) is 3.52. The van der Waals surface area contributed by atoms with Crippen LogP contribution in [0.5, 0.6) is 0 Å². The van der Waals surface area contributed by atoms with Gasteiger partial charge in [0.1, 0.15) is 0 Å². The Hall–Kier alpha value is -0.720. The molecule has 3 rings (SSSR count). The molecule has 3 atom stereocenters. The summed E-state index contributed by atoms with van der Waals surface area (Å²) in [6.07, 6.45) is 0.0720. The minimum Gasteiger partial charge on any atom is -0.393 e. The molecule has 0 saturated carbocycles. The van der Waals surface area contributed by atoms with Crippen molar-refractivity contribution >= 4 is 27.3 Å². The SMILES string of the molecule is Cc1ccc(C2CC(O)CC(O)O2)cc1Cc1ccc(Br)s1. The van der Waals surface area contributed by atoms with Crippen molar-refractivity contribution in [3.8, 4) is 0 Å². The van der Waals surface area contributed by atoms with Gasteiger partial charge in [-0.25, -0.2) is 0 Å². The first-order valence-electron chi connectivity index (χ1n) is 7.36. The van der Waals surface area contributed by atoms with Gasteiger partial charge in [-0.2, -0.15) is 0 Å². The Kier molecular flexibility index (Phi) is 5.00. The minimum atomic E-state index is -0.883. The van der Waals surface area contributed by atoms with E-state index in [1.165, 1.54) is 16.0 Å². The molecule has 1 aliphatic rings. The maximum absolute atomic E-state index is 9.83. The lowest BCUT2D eigenvalue weighted by Crippen LogP contribution is -2.31. The van der Waals surface area contributed by atoms with Crippen LogP contribution in [-0.4, -0.2) is 22.6 Å². The van der Waals surface area contributed by atoms with Crippen LogP contribution < -0.4 is 0 Å². The molecule has 118 valence electrons. The fourth-order valence-electron chi connectivity index (χ4n) is 2.81. The normalized spacial score (nSPS) is 25.4. The van der Waals surface area contributed by atoms with Gasteiger partial charge in [-0.15, -0.1) is 11.3 Å². The van der Waals surface area contributed by atoms with Gasteiger partial charge < -0.3 is 14.9 Å². The van der Waals surface area contributed by atoms with E-state index in [1.54, 1.807) is 11.3 Å². The Morgan fingerprint density at radius 2 is 2.05 bits per heavy atom. The standard InChI is InChI=1S/C17H19BrO3S/c1-10-2-3-11(15-8-13(19)9-17(20)21-15)6-12(10)7-14-4-5-16(18)22-14/h2-6,13,15,17,19-20H,7-9H2,1H3. The van der Waals surface area contributed by atoms with Crippen molar-refractivity contribution in [2.75, 3.05) is 0 Å². The van der Waals surface area contributed by atoms with E-state index in [1.807, 2.05) is 6.07 Å². The lowest BCUT2D eigenvalue weighted by molar-refractivity contribution is -0.191. The number of benzene rings is 1. The summed E-state index contributed by atoms with van der Waals surface area (Å²) in [4.78, 5) is 1.30. The van der Waals surface area contributed by atoms with Gasteiger partial charge in [0.15, 0.2) is 6.29 Å². The monoisotopic (exact) mass is 382 g/mol. The van der Waals surface area contributed by atoms with Gasteiger partial charge in [0.25, 0.3) is 0 Å². The highest BCUT2D eigenvalue weighted by atomic mass is 79.9. The number of aliphatic hydroxyl groups is 2. The van der Waals surface area contributed by atoms with Gasteiger partial charge in [0.2, 0.25) is 0 Å². The second kappa shape index (κ2) is 6.81. The first kappa shape index (κ1) is 16.1. The van der Waals surface area contributed by atoms with E-state index in [-0.39, 0.29) is 6.10 Å². The van der Waals surface area contributed by atoms with Crippen LogP contribution in [0.4, 0.5) is 0 Å². The molecule has 0 bridgehead atoms. The van der Waals surface area contributed by atoms with Gasteiger partial charge in [0.05, 0.1) is 16.0 Å². The fraction of sp³-hybridized carbons (Fsp3) is 0.412. The van der Waals surface area contributed by atoms with Crippen LogP contribution in [0.1, 0.15) is 40.5 Å². The van der Waals surface area contributed by atoms with Crippen LogP contribution in [0.2, 0.25) is 0 Å². The largest absolute Gasteiger partial charge is 0.393 e. The molecule has 1 aromatic heterocycles. The predicted molar refractivity (Wildman–Crippen MR) is 91.1 cm³/mol. The number of hydrogen-bond donors (Lipinski definition) is 2. The summed E-state index contributed by atoms with van der Waals surface area (Å²) in [5.74, 6) is 0. The summed E-state index contributed by atoms with van der Waals surface area (Å²) in [5, 5.41) is 19.5. The first-order valence-corrected chi connectivity index (χ1v) is 8.97. The average Bonchev–Trinajstić information content (AvgIpc) is 2.85. The van der Waals surface area contributed by atoms with Crippen LogP contribution in [-0.2, 0) is 11.2 Å². The minimum absolute atomic E-state index is 0.242. The number of aryl methyl sites for hydroxylation is 1. The molecule has 22 heavy (non-hydrogen) atoms. The number of thiophene rings is 1. The quantitative estimate of drug-likeness (QED) is 0.844. The van der Waals surface area contributed by atoms with E-state index in [2.05, 4.69) is 47.1 Å². The van der Waals surface area contributed by atoms with Gasteiger partial charge in [0, 0.05) is 24.1 Å². The summed E-state index contributed by atoms with van der Waals surface area (Å²) in [6.45, 7) is 2.10. The second-order valence-electron chi connectivity index (χ2n) is 5.77. The number of halogens is 1. The molecule has 2 aromatic rings. The Labute approximate surface area is 142 Å². The van der Waals surface area contributed by atoms with Crippen LogP contribution in [0, 0.1) is 6.92 Å². The molecular weight excluding hydrogens is 364 g/mol. The molecular formula is C17H19BrO3S. The van der Waals surface area contributed by atoms with Crippen molar-refractivity contribution < 1.29 is 14.9 Å². The summed E-state index contributed by atoms with van der Waals surface area (Å²) >= 11 is 5.24. The van der Waals surface area contributed by atoms with Crippen molar-refractivity contribution in [2.24, 2.45) is 0 Å². The molecule has 1 aliphatic heterocycles. The molecule has 2 heterocycles. The Morgan fingerprint density at radius 3 is 2.73 bits per heavy atom. The van der Waals surface area contributed by atoms with Crippen molar-refractivity contribution in [2.45, 2.75) is 44.7 Å². The Morgan fingerprint density at radius 1 is 1.23 bits per heavy atom. The van der Waals surface area contributed by atoms with Crippen molar-refractivity contribution in [3.63, 3.8) is 0 Å². The van der Waals surface area contributed by atoms with Crippen molar-refractivity contribution in [1.82, 2.24) is 0 Å². The highest BCUT2D eigenvalue weighted by molar-refractivity contribution is 9.11. The molecule has 5 heteroatoms. The number of hydrogen-bond acceptors (Lipinski definition) is 4. The smallest absolute Gasteiger partial charge is 0.157 e. The molecule has 3 nitrogen and oxygen atoms in total. The van der Waals surface area contributed by atoms with Gasteiger partial charge in [-0.05, 0) is 51.7 Å². The van der Waals surface area contributed by atoms with Gasteiger partial charge in [-0.3, -0.25) is 0 Å². The lowest BCUT2D eigenvalue weighted by atomic mass is 9.94. The van der Waals surface area contributed by atoms with E-state index in [4.69, 9.17) is 4.74 Å². The third-order valence-electron chi connectivity index (χ3n) is 4.02. The zero-order valence-electron chi connectivity index (χ0n) is 12.3. The lowest BCUT2D eigenvalue weighted by Gasteiger charge is -2.30. The van der Waals surface area contributed by atoms with Crippen LogP contribution >= 0.6 is 27.3 Å². The van der Waals surface area contributed by atoms with E-state index < -0.39 is 12.4 Å². The van der Waals surface area contributed by atoms with Crippen molar-refractivity contribution in [1.29, 1.82) is 0 Å². The number of aliphatic hydroxyl groups excluding tert-OH is 2. The van der Waals surface area contributed by atoms with E-state index >= 15 is 0 Å². The first-order chi connectivity index (χ1) is 10.5. The Balaban J connectivity index is 1.83. The zero-order chi connectivity index (χ0) is 15.7. The molecule has 1 saturated heterocycles. The molecule has 1 aromatic carbocycles. The average molecular weight is 383 g/mol. The highest BCUT2D eigenvalue weighted by Gasteiger charge is 2.28. The summed E-state index contributed by atoms with van der Waals surface area (Å²) in [6, 6.07) is 10.4. The van der Waals surface area contributed by atoms with Gasteiger partial charge >= 0.3 is 0 Å². The topological polar surface area (TPSA) is 49.7 Å². The number of ether oxygens (including phenoxy) is 1. The third-order valence-corrected chi connectivity index (χ3v) is 5.64. The highest BCUT2D eigenvalue weighted by Crippen LogP contribution is 2.33. The molecule has 0 amide bonds. The molecule has 2 N–H and O–H groups in total. The fourth-order valence-corrected chi connectivity index (χ4v) is 4.31. The van der Waals surface area contributed by atoms with Crippen LogP contribution in [0.15, 0.2) is 34.1 Å². The van der Waals surface area contributed by atoms with Gasteiger partial charge in [-0.1, -0.05) is 18.2 Å². The molecule has 1 fully saturated rings. The summed E-state index contributed by atoms with van der Waals surface area (Å²) in [7, 11) is 0.